The van der Waals surface area contributed by atoms with Gasteiger partial charge in [0.05, 0.1) is 26.1 Å². The lowest BCUT2D eigenvalue weighted by molar-refractivity contribution is -0.171. The fraction of sp³-hybridized carbons (Fsp3) is 0.818. The van der Waals surface area contributed by atoms with Crippen LogP contribution in [0, 0.1) is 17.3 Å². The molecule has 0 N–H and O–H groups in total. The Balaban J connectivity index is 1.77. The number of carbonyl (C=O) groups is 2. The summed E-state index contributed by atoms with van der Waals surface area (Å²) >= 11 is 0. The lowest BCUT2D eigenvalue weighted by Gasteiger charge is -2.55. The van der Waals surface area contributed by atoms with Crippen molar-refractivity contribution in [3.8, 4) is 0 Å². The van der Waals surface area contributed by atoms with Crippen molar-refractivity contribution in [2.24, 2.45) is 17.3 Å². The van der Waals surface area contributed by atoms with E-state index in [-0.39, 0.29) is 29.2 Å². The molecule has 2 aliphatic carbocycles. The van der Waals surface area contributed by atoms with Crippen LogP contribution in [0.4, 0.5) is 0 Å². The normalized spacial score (nSPS) is 37.7. The van der Waals surface area contributed by atoms with Gasteiger partial charge in [-0.25, -0.2) is 0 Å². The Morgan fingerprint density at radius 1 is 0.933 bits per heavy atom. The van der Waals surface area contributed by atoms with Crippen molar-refractivity contribution in [3.05, 3.63) is 0 Å². The monoisotopic (exact) mass is 212 g/mol. The maximum atomic E-state index is 11.2. The van der Waals surface area contributed by atoms with E-state index in [0.29, 0.717) is 0 Å². The van der Waals surface area contributed by atoms with Crippen LogP contribution in [-0.4, -0.2) is 26.2 Å². The first-order valence-corrected chi connectivity index (χ1v) is 5.26. The minimum atomic E-state index is -0.109. The second kappa shape index (κ2) is 3.51. The standard InChI is InChI=1S/C11H16O4/c1-14-9(12)7-3-11(4-7)5-8(6-11)10(13)15-2/h7-8H,3-6H2,1-2H3. The molecule has 2 saturated carbocycles. The molecular formula is C11H16O4. The van der Waals surface area contributed by atoms with Gasteiger partial charge in [-0.05, 0) is 31.1 Å². The van der Waals surface area contributed by atoms with Crippen molar-refractivity contribution in [1.82, 2.24) is 0 Å². The van der Waals surface area contributed by atoms with Crippen LogP contribution in [0.1, 0.15) is 25.7 Å². The topological polar surface area (TPSA) is 52.6 Å². The van der Waals surface area contributed by atoms with Crippen LogP contribution in [0.15, 0.2) is 0 Å². The molecule has 0 heterocycles. The maximum Gasteiger partial charge on any atom is 0.308 e. The van der Waals surface area contributed by atoms with Crippen LogP contribution < -0.4 is 0 Å². The van der Waals surface area contributed by atoms with Gasteiger partial charge >= 0.3 is 11.9 Å². The summed E-state index contributed by atoms with van der Waals surface area (Å²) in [5, 5.41) is 0. The molecule has 0 atom stereocenters. The molecule has 4 heteroatoms. The second-order valence-corrected chi connectivity index (χ2v) is 4.76. The molecule has 0 unspecified atom stereocenters. The smallest absolute Gasteiger partial charge is 0.308 e. The molecule has 15 heavy (non-hydrogen) atoms. The zero-order chi connectivity index (χ0) is 11.1. The molecule has 2 rings (SSSR count). The first kappa shape index (κ1) is 10.5. The number of hydrogen-bond acceptors (Lipinski definition) is 4. The van der Waals surface area contributed by atoms with Gasteiger partial charge in [-0.2, -0.15) is 0 Å². The van der Waals surface area contributed by atoms with E-state index in [0.717, 1.165) is 25.7 Å². The maximum absolute atomic E-state index is 11.2. The zero-order valence-electron chi connectivity index (χ0n) is 9.12. The summed E-state index contributed by atoms with van der Waals surface area (Å²) < 4.78 is 9.36. The average molecular weight is 212 g/mol. The molecule has 0 amide bonds. The van der Waals surface area contributed by atoms with Gasteiger partial charge in [-0.15, -0.1) is 0 Å². The molecule has 0 radical (unpaired) electrons. The Kier molecular flexibility index (Phi) is 2.44. The second-order valence-electron chi connectivity index (χ2n) is 4.76. The molecule has 1 spiro atoms. The fourth-order valence-corrected chi connectivity index (χ4v) is 2.97. The number of esters is 2. The third-order valence-corrected chi connectivity index (χ3v) is 3.79. The summed E-state index contributed by atoms with van der Waals surface area (Å²) in [7, 11) is 2.84. The van der Waals surface area contributed by atoms with Gasteiger partial charge in [0.25, 0.3) is 0 Å². The lowest BCUT2D eigenvalue weighted by Crippen LogP contribution is -2.52. The Morgan fingerprint density at radius 3 is 1.53 bits per heavy atom. The van der Waals surface area contributed by atoms with Gasteiger partial charge in [-0.3, -0.25) is 9.59 Å². The van der Waals surface area contributed by atoms with E-state index in [2.05, 4.69) is 9.47 Å². The number of hydrogen-bond donors (Lipinski definition) is 0. The van der Waals surface area contributed by atoms with E-state index in [1.807, 2.05) is 0 Å². The SMILES string of the molecule is COC(=O)C1CC2(C1)CC(C(=O)OC)C2. The predicted molar refractivity (Wildman–Crippen MR) is 51.9 cm³/mol. The highest BCUT2D eigenvalue weighted by Crippen LogP contribution is 2.61. The molecule has 0 bridgehead atoms. The number of methoxy groups -OCH3 is 2. The van der Waals surface area contributed by atoms with Crippen LogP contribution in [0.3, 0.4) is 0 Å². The van der Waals surface area contributed by atoms with E-state index in [4.69, 9.17) is 0 Å². The summed E-state index contributed by atoms with van der Waals surface area (Å²) in [4.78, 5) is 22.4. The molecule has 0 saturated heterocycles. The third kappa shape index (κ3) is 1.62. The van der Waals surface area contributed by atoms with Crippen molar-refractivity contribution in [2.45, 2.75) is 25.7 Å². The highest BCUT2D eigenvalue weighted by Gasteiger charge is 2.57. The fourth-order valence-electron chi connectivity index (χ4n) is 2.97. The van der Waals surface area contributed by atoms with E-state index in [1.54, 1.807) is 0 Å². The van der Waals surface area contributed by atoms with Gasteiger partial charge in [0.1, 0.15) is 0 Å². The molecular weight excluding hydrogens is 196 g/mol. The first-order valence-electron chi connectivity index (χ1n) is 5.26. The molecule has 0 aromatic carbocycles. The van der Waals surface area contributed by atoms with Gasteiger partial charge in [0, 0.05) is 0 Å². The van der Waals surface area contributed by atoms with E-state index in [9.17, 15) is 9.59 Å². The van der Waals surface area contributed by atoms with Gasteiger partial charge in [0.15, 0.2) is 0 Å². The molecule has 84 valence electrons. The predicted octanol–water partition coefficient (Wildman–Crippen LogP) is 1.14. The van der Waals surface area contributed by atoms with Crippen molar-refractivity contribution in [3.63, 3.8) is 0 Å². The van der Waals surface area contributed by atoms with Crippen LogP contribution in [0.2, 0.25) is 0 Å². The Labute approximate surface area is 88.9 Å². The van der Waals surface area contributed by atoms with Crippen LogP contribution in [0.25, 0.3) is 0 Å². The zero-order valence-corrected chi connectivity index (χ0v) is 9.12. The van der Waals surface area contributed by atoms with Crippen molar-refractivity contribution < 1.29 is 19.1 Å². The minimum absolute atomic E-state index is 0.0635. The molecule has 0 aromatic rings. The lowest BCUT2D eigenvalue weighted by atomic mass is 9.48. The molecule has 2 fully saturated rings. The summed E-state index contributed by atoms with van der Waals surface area (Å²) in [6, 6.07) is 0. The van der Waals surface area contributed by atoms with Gasteiger partial charge < -0.3 is 9.47 Å². The largest absolute Gasteiger partial charge is 0.469 e. The van der Waals surface area contributed by atoms with E-state index >= 15 is 0 Å². The van der Waals surface area contributed by atoms with Crippen molar-refractivity contribution in [1.29, 1.82) is 0 Å². The minimum Gasteiger partial charge on any atom is -0.469 e. The number of ether oxygens (including phenoxy) is 2. The van der Waals surface area contributed by atoms with Crippen LogP contribution >= 0.6 is 0 Å². The summed E-state index contributed by atoms with van der Waals surface area (Å²) in [6.07, 6.45) is 3.53. The Morgan fingerprint density at radius 2 is 1.27 bits per heavy atom. The average Bonchev–Trinajstić information content (AvgIpc) is 2.12. The molecule has 0 aromatic heterocycles. The number of carbonyl (C=O) groups excluding carboxylic acids is 2. The highest BCUT2D eigenvalue weighted by molar-refractivity contribution is 5.76. The summed E-state index contributed by atoms with van der Waals surface area (Å²) in [5.41, 5.74) is 0.248. The number of rotatable bonds is 2. The molecule has 0 aliphatic heterocycles. The van der Waals surface area contributed by atoms with E-state index in [1.165, 1.54) is 14.2 Å². The summed E-state index contributed by atoms with van der Waals surface area (Å²) in [6.45, 7) is 0. The van der Waals surface area contributed by atoms with Crippen LogP contribution in [-0.2, 0) is 19.1 Å². The molecule has 4 nitrogen and oxygen atoms in total. The van der Waals surface area contributed by atoms with Gasteiger partial charge in [-0.1, -0.05) is 0 Å². The quantitative estimate of drug-likeness (QED) is 0.644. The van der Waals surface area contributed by atoms with Crippen molar-refractivity contribution >= 4 is 11.9 Å². The van der Waals surface area contributed by atoms with E-state index < -0.39 is 0 Å². The third-order valence-electron chi connectivity index (χ3n) is 3.79. The first-order chi connectivity index (χ1) is 7.10. The Bertz CT molecular complexity index is 251. The van der Waals surface area contributed by atoms with Gasteiger partial charge in [0.2, 0.25) is 0 Å². The highest BCUT2D eigenvalue weighted by atomic mass is 16.5. The Hall–Kier alpha value is -1.06. The van der Waals surface area contributed by atoms with Crippen molar-refractivity contribution in [2.75, 3.05) is 14.2 Å². The molecule has 2 aliphatic rings. The summed E-state index contributed by atoms with van der Waals surface area (Å²) in [5.74, 6) is -0.0912. The van der Waals surface area contributed by atoms with Crippen LogP contribution in [0.5, 0.6) is 0 Å².